The second kappa shape index (κ2) is 11.1. The molecule has 0 bridgehead atoms. The minimum atomic E-state index is -0.234. The molecule has 0 spiro atoms. The Morgan fingerprint density at radius 3 is 2.02 bits per heavy atom. The Morgan fingerprint density at radius 1 is 0.773 bits per heavy atom. The molecule has 5 nitrogen and oxygen atoms in total. The largest absolute Gasteiger partial charge is 0.507 e. The predicted molar refractivity (Wildman–Crippen MR) is 181 cm³/mol. The van der Waals surface area contributed by atoms with Crippen LogP contribution in [0.1, 0.15) is 90.1 Å². The van der Waals surface area contributed by atoms with Crippen molar-refractivity contribution in [3.8, 4) is 34.4 Å². The van der Waals surface area contributed by atoms with Gasteiger partial charge in [0, 0.05) is 22.9 Å². The van der Waals surface area contributed by atoms with Crippen molar-refractivity contribution in [3.05, 3.63) is 101 Å². The summed E-state index contributed by atoms with van der Waals surface area (Å²) in [5.41, 5.74) is 8.81. The summed E-state index contributed by atoms with van der Waals surface area (Å²) in [6.07, 6.45) is 1.74. The van der Waals surface area contributed by atoms with E-state index in [0.717, 1.165) is 38.9 Å². The number of aliphatic imine (C=N–C) groups is 1. The lowest BCUT2D eigenvalue weighted by molar-refractivity contribution is 0.444. The highest BCUT2D eigenvalue weighted by Crippen LogP contribution is 2.40. The average Bonchev–Trinajstić information content (AvgIpc) is 3.39. The number of phenols is 1. The molecule has 0 atom stereocenters. The molecule has 0 saturated carbocycles. The van der Waals surface area contributed by atoms with Gasteiger partial charge in [-0.25, -0.2) is 4.98 Å². The van der Waals surface area contributed by atoms with Crippen LogP contribution < -0.4 is 0 Å². The molecule has 0 fully saturated rings. The second-order valence-electron chi connectivity index (χ2n) is 14.6. The van der Waals surface area contributed by atoms with Crippen LogP contribution in [0, 0.1) is 11.3 Å². The monoisotopic (exact) mass is 583 g/mol. The fourth-order valence-corrected chi connectivity index (χ4v) is 5.19. The zero-order valence-corrected chi connectivity index (χ0v) is 27.2. The number of rotatable bonds is 4. The zero-order valence-electron chi connectivity index (χ0n) is 27.2. The van der Waals surface area contributed by atoms with Gasteiger partial charge in [0.1, 0.15) is 11.3 Å². The normalized spacial score (nSPS) is 12.6. The van der Waals surface area contributed by atoms with Gasteiger partial charge in [-0.3, -0.25) is 4.99 Å². The van der Waals surface area contributed by atoms with E-state index in [1.165, 1.54) is 0 Å². The molecule has 0 aliphatic carbocycles. The molecule has 0 saturated heterocycles. The molecule has 5 rings (SSSR count). The van der Waals surface area contributed by atoms with Gasteiger partial charge in [0.2, 0.25) is 5.89 Å². The summed E-state index contributed by atoms with van der Waals surface area (Å²) in [6.45, 7) is 19.4. The topological polar surface area (TPSA) is 82.4 Å². The predicted octanol–water partition coefficient (Wildman–Crippen LogP) is 10.4. The molecule has 0 aliphatic heterocycles. The fourth-order valence-electron chi connectivity index (χ4n) is 5.19. The van der Waals surface area contributed by atoms with Crippen LogP contribution in [0.5, 0.6) is 5.75 Å². The maximum absolute atomic E-state index is 11.3. The first-order valence-electron chi connectivity index (χ1n) is 15.0. The summed E-state index contributed by atoms with van der Waals surface area (Å²) in [4.78, 5) is 9.87. The second-order valence-corrected chi connectivity index (χ2v) is 14.6. The number of nitriles is 1. The maximum Gasteiger partial charge on any atom is 0.229 e. The Bertz CT molecular complexity index is 1920. The van der Waals surface area contributed by atoms with Gasteiger partial charge in [-0.2, -0.15) is 5.26 Å². The molecule has 224 valence electrons. The number of hydrogen-bond acceptors (Lipinski definition) is 5. The number of aromatic nitrogens is 1. The van der Waals surface area contributed by atoms with E-state index in [1.807, 2.05) is 54.6 Å². The van der Waals surface area contributed by atoms with Crippen LogP contribution in [0.25, 0.3) is 33.7 Å². The highest BCUT2D eigenvalue weighted by atomic mass is 16.3. The molecule has 0 unspecified atom stereocenters. The molecule has 44 heavy (non-hydrogen) atoms. The number of hydrogen-bond donors (Lipinski definition) is 1. The average molecular weight is 584 g/mol. The lowest BCUT2D eigenvalue weighted by atomic mass is 9.79. The Balaban J connectivity index is 1.65. The van der Waals surface area contributed by atoms with Gasteiger partial charge >= 0.3 is 0 Å². The number of oxazole rings is 1. The number of benzene rings is 4. The van der Waals surface area contributed by atoms with Crippen molar-refractivity contribution in [2.24, 2.45) is 4.99 Å². The number of fused-ring (bicyclic) bond motifs is 1. The first-order valence-corrected chi connectivity index (χ1v) is 15.0. The summed E-state index contributed by atoms with van der Waals surface area (Å²) in [7, 11) is 0. The van der Waals surface area contributed by atoms with E-state index in [9.17, 15) is 10.4 Å². The third-order valence-electron chi connectivity index (χ3n) is 7.98. The number of para-hydroxylation sites is 1. The van der Waals surface area contributed by atoms with Crippen molar-refractivity contribution < 1.29 is 9.52 Å². The minimum absolute atomic E-state index is 0.0923. The lowest BCUT2D eigenvalue weighted by Gasteiger charge is -2.27. The van der Waals surface area contributed by atoms with Gasteiger partial charge in [-0.15, -0.1) is 0 Å². The molecule has 0 aliphatic rings. The Morgan fingerprint density at radius 2 is 1.41 bits per heavy atom. The van der Waals surface area contributed by atoms with Gasteiger partial charge in [-0.1, -0.05) is 92.6 Å². The Labute approximate surface area is 260 Å². The van der Waals surface area contributed by atoms with E-state index in [0.29, 0.717) is 28.3 Å². The van der Waals surface area contributed by atoms with Crippen molar-refractivity contribution in [3.63, 3.8) is 0 Å². The van der Waals surface area contributed by atoms with E-state index in [2.05, 4.69) is 86.6 Å². The van der Waals surface area contributed by atoms with Gasteiger partial charge < -0.3 is 9.52 Å². The maximum atomic E-state index is 11.3. The highest BCUT2D eigenvalue weighted by molar-refractivity contribution is 5.94. The third-order valence-corrected chi connectivity index (χ3v) is 7.98. The quantitative estimate of drug-likeness (QED) is 0.213. The highest BCUT2D eigenvalue weighted by Gasteiger charge is 2.25. The van der Waals surface area contributed by atoms with Crippen molar-refractivity contribution in [2.75, 3.05) is 0 Å². The summed E-state index contributed by atoms with van der Waals surface area (Å²) >= 11 is 0. The van der Waals surface area contributed by atoms with Crippen molar-refractivity contribution >= 4 is 23.0 Å². The zero-order chi connectivity index (χ0) is 32.0. The molecular weight excluding hydrogens is 542 g/mol. The SMILES string of the molecule is CC(C)(C)c1cc(C=Nc2ccccc2-c2nc3c(-c4ccc(C#N)cc4)cc(C(C)(C)C)cc3o2)c(O)c(C(C)(C)C)c1. The van der Waals surface area contributed by atoms with Gasteiger partial charge in [0.25, 0.3) is 0 Å². The molecule has 4 aromatic carbocycles. The van der Waals surface area contributed by atoms with Crippen LogP contribution in [-0.4, -0.2) is 16.3 Å². The van der Waals surface area contributed by atoms with Gasteiger partial charge in [-0.05, 0) is 75.4 Å². The number of nitrogens with zero attached hydrogens (tertiary/aromatic N) is 3. The lowest BCUT2D eigenvalue weighted by Crippen LogP contribution is -2.17. The van der Waals surface area contributed by atoms with Crippen LogP contribution in [0.15, 0.2) is 82.2 Å². The van der Waals surface area contributed by atoms with Gasteiger partial charge in [0.05, 0.1) is 22.9 Å². The van der Waals surface area contributed by atoms with E-state index in [1.54, 1.807) is 6.21 Å². The van der Waals surface area contributed by atoms with E-state index >= 15 is 0 Å². The fraction of sp³-hybridized carbons (Fsp3) is 0.308. The van der Waals surface area contributed by atoms with Gasteiger partial charge in [0.15, 0.2) is 5.58 Å². The minimum Gasteiger partial charge on any atom is -0.507 e. The standard InChI is InChI=1S/C39H41N3O2/c1-37(2,3)27-18-26(35(43)31(20-27)39(7,8)9)23-41-32-13-11-10-12-29(32)36-42-34-30(25-16-14-24(22-40)15-17-25)19-28(38(4,5)6)21-33(34)44-36/h10-21,23,43H,1-9H3. The third kappa shape index (κ3) is 6.17. The molecule has 5 aromatic rings. The van der Waals surface area contributed by atoms with E-state index in [4.69, 9.17) is 14.4 Å². The van der Waals surface area contributed by atoms with Crippen LogP contribution in [0.3, 0.4) is 0 Å². The first-order chi connectivity index (χ1) is 20.6. The number of aromatic hydroxyl groups is 1. The number of phenolic OH excluding ortho intramolecular Hbond substituents is 1. The van der Waals surface area contributed by atoms with Crippen molar-refractivity contribution in [2.45, 2.75) is 78.6 Å². The van der Waals surface area contributed by atoms with E-state index < -0.39 is 0 Å². The summed E-state index contributed by atoms with van der Waals surface area (Å²) in [5, 5.41) is 20.6. The molecule has 1 N–H and O–H groups in total. The van der Waals surface area contributed by atoms with Crippen LogP contribution in [0.4, 0.5) is 5.69 Å². The van der Waals surface area contributed by atoms with Crippen LogP contribution >= 0.6 is 0 Å². The molecule has 5 heteroatoms. The Hall–Kier alpha value is -4.69. The van der Waals surface area contributed by atoms with Crippen LogP contribution in [0.2, 0.25) is 0 Å². The van der Waals surface area contributed by atoms with Crippen LogP contribution in [-0.2, 0) is 16.2 Å². The van der Waals surface area contributed by atoms with Crippen molar-refractivity contribution in [1.29, 1.82) is 5.26 Å². The Kier molecular flexibility index (Phi) is 7.76. The molecule has 1 aromatic heterocycles. The van der Waals surface area contributed by atoms with E-state index in [-0.39, 0.29) is 22.0 Å². The summed E-state index contributed by atoms with van der Waals surface area (Å²) in [5.74, 6) is 0.715. The molecule has 0 amide bonds. The van der Waals surface area contributed by atoms with Crippen molar-refractivity contribution in [1.82, 2.24) is 4.98 Å². The molecular formula is C39H41N3O2. The summed E-state index contributed by atoms with van der Waals surface area (Å²) in [6, 6.07) is 25.9. The smallest absolute Gasteiger partial charge is 0.229 e. The molecule has 1 heterocycles. The summed E-state index contributed by atoms with van der Waals surface area (Å²) < 4.78 is 6.45. The molecule has 0 radical (unpaired) electrons. The first kappa shape index (κ1) is 30.8.